The number of hydrogen-bond acceptors (Lipinski definition) is 1. The maximum atomic E-state index is 12.4. The molecule has 0 atom stereocenters. The highest BCUT2D eigenvalue weighted by molar-refractivity contribution is 4.82. The van der Waals surface area contributed by atoms with Crippen molar-refractivity contribution in [3.63, 3.8) is 0 Å². The van der Waals surface area contributed by atoms with Gasteiger partial charge >= 0.3 is 0 Å². The van der Waals surface area contributed by atoms with E-state index in [1.807, 2.05) is 0 Å². The molecule has 0 amide bonds. The normalized spacial score (nSPS) is 25.5. The molecular formula is C6H11F2N2-. The Morgan fingerprint density at radius 1 is 1.50 bits per heavy atom. The molecular weight excluding hydrogens is 138 g/mol. The molecule has 2 nitrogen and oxygen atoms in total. The van der Waals surface area contributed by atoms with Crippen molar-refractivity contribution in [2.75, 3.05) is 26.2 Å². The third-order valence-electron chi connectivity index (χ3n) is 1.68. The predicted molar refractivity (Wildman–Crippen MR) is 35.2 cm³/mol. The number of rotatable bonds is 2. The summed E-state index contributed by atoms with van der Waals surface area (Å²) in [5.41, 5.74) is 6.81. The second-order valence-electron chi connectivity index (χ2n) is 2.63. The summed E-state index contributed by atoms with van der Waals surface area (Å²) in [6.45, 7) is 1.00. The summed E-state index contributed by atoms with van der Waals surface area (Å²) in [4.78, 5) is 1.63. The summed E-state index contributed by atoms with van der Waals surface area (Å²) in [6.07, 6.45) is -0.0347. The second-order valence-corrected chi connectivity index (χ2v) is 2.63. The molecule has 1 heterocycles. The van der Waals surface area contributed by atoms with Gasteiger partial charge in [-0.1, -0.05) is 0 Å². The minimum Gasteiger partial charge on any atom is -0.676 e. The van der Waals surface area contributed by atoms with Crippen LogP contribution in [0.15, 0.2) is 0 Å². The Kier molecular flexibility index (Phi) is 2.21. The van der Waals surface area contributed by atoms with Gasteiger partial charge in [0, 0.05) is 13.0 Å². The zero-order valence-electron chi connectivity index (χ0n) is 5.74. The van der Waals surface area contributed by atoms with Gasteiger partial charge in [-0.15, -0.1) is 6.54 Å². The zero-order chi connectivity index (χ0) is 7.61. The van der Waals surface area contributed by atoms with Crippen LogP contribution in [0.1, 0.15) is 6.42 Å². The van der Waals surface area contributed by atoms with E-state index in [0.29, 0.717) is 13.1 Å². The van der Waals surface area contributed by atoms with Crippen molar-refractivity contribution in [2.24, 2.45) is 0 Å². The van der Waals surface area contributed by atoms with Crippen molar-refractivity contribution in [3.8, 4) is 0 Å². The molecule has 0 aromatic heterocycles. The van der Waals surface area contributed by atoms with E-state index in [9.17, 15) is 8.78 Å². The lowest BCUT2D eigenvalue weighted by Crippen LogP contribution is -2.27. The molecule has 1 aliphatic rings. The van der Waals surface area contributed by atoms with Crippen LogP contribution in [0.5, 0.6) is 0 Å². The number of alkyl halides is 2. The van der Waals surface area contributed by atoms with Gasteiger partial charge in [0.2, 0.25) is 0 Å². The molecule has 4 heteroatoms. The Hall–Kier alpha value is -0.220. The number of nitrogens with one attached hydrogen (secondary N) is 1. The molecule has 0 spiro atoms. The van der Waals surface area contributed by atoms with E-state index in [1.54, 1.807) is 4.90 Å². The average molecular weight is 149 g/mol. The van der Waals surface area contributed by atoms with Crippen molar-refractivity contribution in [1.29, 1.82) is 0 Å². The number of nitrogens with zero attached hydrogens (tertiary/aromatic N) is 1. The number of halogens is 2. The molecule has 0 saturated carbocycles. The van der Waals surface area contributed by atoms with Gasteiger partial charge in [0.1, 0.15) is 0 Å². The summed E-state index contributed by atoms with van der Waals surface area (Å²) in [7, 11) is 0. The molecule has 0 unspecified atom stereocenters. The Labute approximate surface area is 59.0 Å². The minimum absolute atomic E-state index is 0.0347. The van der Waals surface area contributed by atoms with E-state index < -0.39 is 5.92 Å². The van der Waals surface area contributed by atoms with Crippen LogP contribution < -0.4 is 0 Å². The molecule has 0 aromatic rings. The monoisotopic (exact) mass is 149 g/mol. The van der Waals surface area contributed by atoms with Crippen LogP contribution in [0, 0.1) is 0 Å². The SMILES string of the molecule is [NH-]CCN1CCC(F)(F)C1. The third-order valence-corrected chi connectivity index (χ3v) is 1.68. The van der Waals surface area contributed by atoms with Crippen molar-refractivity contribution >= 4 is 0 Å². The standard InChI is InChI=1S/C6H11F2N2/c7-6(8)1-3-10(5-6)4-2-9/h9H,1-5H2/q-1. The van der Waals surface area contributed by atoms with E-state index >= 15 is 0 Å². The predicted octanol–water partition coefficient (Wildman–Crippen LogP) is 1.38. The second kappa shape index (κ2) is 2.80. The quantitative estimate of drug-likeness (QED) is 0.582. The lowest BCUT2D eigenvalue weighted by molar-refractivity contribution is 0.0127. The molecule has 0 radical (unpaired) electrons. The molecule has 10 heavy (non-hydrogen) atoms. The van der Waals surface area contributed by atoms with Gasteiger partial charge in [-0.3, -0.25) is 4.90 Å². The van der Waals surface area contributed by atoms with Gasteiger partial charge in [-0.2, -0.15) is 0 Å². The van der Waals surface area contributed by atoms with Crippen LogP contribution in [0.3, 0.4) is 0 Å². The number of likely N-dealkylation sites (tertiary alicyclic amines) is 1. The Balaban J connectivity index is 2.29. The lowest BCUT2D eigenvalue weighted by atomic mass is 10.3. The first-order valence-corrected chi connectivity index (χ1v) is 3.39. The summed E-state index contributed by atoms with van der Waals surface area (Å²) < 4.78 is 24.8. The minimum atomic E-state index is -2.49. The van der Waals surface area contributed by atoms with Crippen molar-refractivity contribution in [2.45, 2.75) is 12.3 Å². The summed E-state index contributed by atoms with van der Waals surface area (Å²) in [5.74, 6) is -2.49. The van der Waals surface area contributed by atoms with Gasteiger partial charge in [-0.25, -0.2) is 8.78 Å². The van der Waals surface area contributed by atoms with E-state index in [1.165, 1.54) is 0 Å². The number of hydrogen-bond donors (Lipinski definition) is 0. The highest BCUT2D eigenvalue weighted by Crippen LogP contribution is 2.26. The molecule has 1 fully saturated rings. The largest absolute Gasteiger partial charge is 0.676 e. The van der Waals surface area contributed by atoms with Gasteiger partial charge < -0.3 is 5.73 Å². The highest BCUT2D eigenvalue weighted by Gasteiger charge is 2.37. The Morgan fingerprint density at radius 3 is 2.60 bits per heavy atom. The summed E-state index contributed by atoms with van der Waals surface area (Å²) in [6, 6.07) is 0. The summed E-state index contributed by atoms with van der Waals surface area (Å²) in [5, 5.41) is 0. The smallest absolute Gasteiger partial charge is 0.261 e. The Bertz CT molecular complexity index is 116. The van der Waals surface area contributed by atoms with Crippen LogP contribution >= 0.6 is 0 Å². The average Bonchev–Trinajstić information content (AvgIpc) is 2.12. The van der Waals surface area contributed by atoms with Crippen molar-refractivity contribution in [1.82, 2.24) is 4.90 Å². The molecule has 1 N–H and O–H groups in total. The fourth-order valence-electron chi connectivity index (χ4n) is 1.16. The molecule has 1 aliphatic heterocycles. The van der Waals surface area contributed by atoms with Crippen LogP contribution in [-0.2, 0) is 0 Å². The van der Waals surface area contributed by atoms with Crippen LogP contribution in [-0.4, -0.2) is 37.0 Å². The molecule has 0 bridgehead atoms. The zero-order valence-corrected chi connectivity index (χ0v) is 5.74. The van der Waals surface area contributed by atoms with Gasteiger partial charge in [0.05, 0.1) is 6.54 Å². The van der Waals surface area contributed by atoms with Crippen LogP contribution in [0.2, 0.25) is 0 Å². The molecule has 1 rings (SSSR count). The van der Waals surface area contributed by atoms with E-state index in [-0.39, 0.29) is 19.5 Å². The molecule has 60 valence electrons. The first-order chi connectivity index (χ1) is 4.64. The fourth-order valence-corrected chi connectivity index (χ4v) is 1.16. The maximum Gasteiger partial charge on any atom is 0.261 e. The summed E-state index contributed by atoms with van der Waals surface area (Å²) >= 11 is 0. The molecule has 0 aromatic carbocycles. The van der Waals surface area contributed by atoms with E-state index in [4.69, 9.17) is 5.73 Å². The topological polar surface area (TPSA) is 27.0 Å². The fraction of sp³-hybridized carbons (Fsp3) is 1.00. The lowest BCUT2D eigenvalue weighted by Gasteiger charge is -2.15. The molecule has 1 saturated heterocycles. The van der Waals surface area contributed by atoms with Crippen molar-refractivity contribution < 1.29 is 8.78 Å². The first-order valence-electron chi connectivity index (χ1n) is 3.39. The van der Waals surface area contributed by atoms with E-state index in [2.05, 4.69) is 0 Å². The van der Waals surface area contributed by atoms with Gasteiger partial charge in [0.25, 0.3) is 5.92 Å². The van der Waals surface area contributed by atoms with Gasteiger partial charge in [0.15, 0.2) is 0 Å². The Morgan fingerprint density at radius 2 is 2.20 bits per heavy atom. The molecule has 0 aliphatic carbocycles. The maximum absolute atomic E-state index is 12.4. The first kappa shape index (κ1) is 7.88. The highest BCUT2D eigenvalue weighted by atomic mass is 19.3. The third kappa shape index (κ3) is 1.88. The van der Waals surface area contributed by atoms with Crippen LogP contribution in [0.25, 0.3) is 5.73 Å². The van der Waals surface area contributed by atoms with Gasteiger partial charge in [-0.05, 0) is 6.54 Å². The van der Waals surface area contributed by atoms with Crippen LogP contribution in [0.4, 0.5) is 8.78 Å². The van der Waals surface area contributed by atoms with E-state index in [0.717, 1.165) is 0 Å². The van der Waals surface area contributed by atoms with Crippen molar-refractivity contribution in [3.05, 3.63) is 5.73 Å².